The summed E-state index contributed by atoms with van der Waals surface area (Å²) in [7, 11) is 0. The molecule has 4 fully saturated rings. The van der Waals surface area contributed by atoms with E-state index in [-0.39, 0.29) is 57.1 Å². The van der Waals surface area contributed by atoms with E-state index in [1.54, 1.807) is 5.57 Å². The van der Waals surface area contributed by atoms with Crippen LogP contribution in [0.15, 0.2) is 11.6 Å². The molecule has 46 heavy (non-hydrogen) atoms. The van der Waals surface area contributed by atoms with Crippen molar-refractivity contribution in [3.8, 4) is 0 Å². The molecule has 9 unspecified atom stereocenters. The Bertz CT molecular complexity index is 1110. The highest BCUT2D eigenvalue weighted by Gasteiger charge is 2.70. The van der Waals surface area contributed by atoms with Crippen LogP contribution in [0.4, 0.5) is 0 Å². The SMILES string of the molecule is CCCCCCCCCCCC(=O)OC1CCC2(C)C(CCC3(C)C2CC=C2C4CC(C)(C)CCC4(CO)C(O)CC23C)C1(C)C. The molecule has 4 nitrogen and oxygen atoms in total. The van der Waals surface area contributed by atoms with Crippen LogP contribution in [0.25, 0.3) is 0 Å². The number of esters is 1. The second-order valence-corrected chi connectivity index (χ2v) is 19.2. The van der Waals surface area contributed by atoms with Crippen molar-refractivity contribution < 1.29 is 19.7 Å². The number of hydrogen-bond acceptors (Lipinski definition) is 4. The molecule has 264 valence electrons. The first-order valence-electron chi connectivity index (χ1n) is 19.8. The maximum Gasteiger partial charge on any atom is 0.306 e. The van der Waals surface area contributed by atoms with Gasteiger partial charge in [-0.2, -0.15) is 0 Å². The van der Waals surface area contributed by atoms with Gasteiger partial charge in [0.25, 0.3) is 0 Å². The molecule has 0 amide bonds. The maximum atomic E-state index is 13.1. The van der Waals surface area contributed by atoms with Gasteiger partial charge < -0.3 is 14.9 Å². The molecule has 0 spiro atoms. The zero-order chi connectivity index (χ0) is 33.6. The summed E-state index contributed by atoms with van der Waals surface area (Å²) in [6.07, 6.45) is 23.4. The molecule has 0 radical (unpaired) electrons. The molecular formula is C42H72O4. The Morgan fingerprint density at radius 2 is 1.48 bits per heavy atom. The number of hydrogen-bond donors (Lipinski definition) is 2. The summed E-state index contributed by atoms with van der Waals surface area (Å²) >= 11 is 0. The van der Waals surface area contributed by atoms with Crippen LogP contribution >= 0.6 is 0 Å². The Morgan fingerprint density at radius 3 is 2.13 bits per heavy atom. The fourth-order valence-corrected chi connectivity index (χ4v) is 12.7. The third-order valence-electron chi connectivity index (χ3n) is 15.9. The van der Waals surface area contributed by atoms with Crippen LogP contribution in [0.3, 0.4) is 0 Å². The summed E-state index contributed by atoms with van der Waals surface area (Å²) in [4.78, 5) is 13.1. The van der Waals surface area contributed by atoms with Gasteiger partial charge in [-0.1, -0.05) is 118 Å². The van der Waals surface area contributed by atoms with Gasteiger partial charge in [-0.25, -0.2) is 0 Å². The largest absolute Gasteiger partial charge is 0.462 e. The Morgan fingerprint density at radius 1 is 0.826 bits per heavy atom. The van der Waals surface area contributed by atoms with E-state index in [4.69, 9.17) is 4.74 Å². The van der Waals surface area contributed by atoms with E-state index < -0.39 is 6.10 Å². The van der Waals surface area contributed by atoms with Crippen LogP contribution in [-0.4, -0.2) is 35.0 Å². The number of unbranched alkanes of at least 4 members (excludes halogenated alkanes) is 8. The van der Waals surface area contributed by atoms with Gasteiger partial charge in [-0.3, -0.25) is 4.79 Å². The van der Waals surface area contributed by atoms with Crippen LogP contribution in [0.2, 0.25) is 0 Å². The first-order valence-corrected chi connectivity index (χ1v) is 19.8. The molecule has 5 aliphatic rings. The Kier molecular flexibility index (Phi) is 10.6. The lowest BCUT2D eigenvalue weighted by molar-refractivity contribution is -0.223. The van der Waals surface area contributed by atoms with Crippen molar-refractivity contribution in [1.29, 1.82) is 0 Å². The lowest BCUT2D eigenvalue weighted by Crippen LogP contribution is -2.67. The van der Waals surface area contributed by atoms with Crippen LogP contribution in [0.1, 0.15) is 177 Å². The second kappa shape index (κ2) is 13.4. The molecule has 4 saturated carbocycles. The summed E-state index contributed by atoms with van der Waals surface area (Å²) in [5, 5.41) is 22.8. The van der Waals surface area contributed by atoms with Gasteiger partial charge in [0, 0.05) is 17.3 Å². The van der Waals surface area contributed by atoms with Crippen molar-refractivity contribution in [3.05, 3.63) is 11.6 Å². The number of aliphatic hydroxyl groups is 2. The number of carbonyl (C=O) groups excluding carboxylic acids is 1. The number of allylic oxidation sites excluding steroid dienone is 2. The molecule has 0 aromatic rings. The second-order valence-electron chi connectivity index (χ2n) is 19.2. The molecule has 0 heterocycles. The molecule has 0 bridgehead atoms. The van der Waals surface area contributed by atoms with E-state index in [1.165, 1.54) is 44.9 Å². The lowest BCUT2D eigenvalue weighted by atomic mass is 9.33. The molecule has 0 aromatic heterocycles. The van der Waals surface area contributed by atoms with E-state index in [2.05, 4.69) is 61.5 Å². The number of fused-ring (bicyclic) bond motifs is 7. The number of carbonyl (C=O) groups is 1. The predicted molar refractivity (Wildman–Crippen MR) is 189 cm³/mol. The standard InChI is InChI=1S/C42H72O4/c1-9-10-11-12-13-14-15-16-17-18-36(45)46-35-22-23-39(6)32(38(35,4)5)21-24-40(7)33(39)20-19-30-31-27-37(2,3)25-26-42(31,29-43)34(44)28-41(30,40)8/h19,31-35,43-44H,9-18,20-29H2,1-8H3. The van der Waals surface area contributed by atoms with Crippen molar-refractivity contribution in [2.24, 2.45) is 50.2 Å². The highest BCUT2D eigenvalue weighted by Crippen LogP contribution is 2.75. The molecule has 5 aliphatic carbocycles. The average molecular weight is 641 g/mol. The van der Waals surface area contributed by atoms with Gasteiger partial charge in [0.2, 0.25) is 0 Å². The van der Waals surface area contributed by atoms with Crippen LogP contribution in [0, 0.1) is 50.2 Å². The molecule has 0 aromatic carbocycles. The Labute approximate surface area is 283 Å². The monoisotopic (exact) mass is 641 g/mol. The first-order chi connectivity index (χ1) is 21.6. The maximum absolute atomic E-state index is 13.1. The summed E-state index contributed by atoms with van der Waals surface area (Å²) in [6, 6.07) is 0. The predicted octanol–water partition coefficient (Wildman–Crippen LogP) is 10.6. The summed E-state index contributed by atoms with van der Waals surface area (Å²) in [5.41, 5.74) is 1.56. The average Bonchev–Trinajstić information content (AvgIpc) is 2.98. The summed E-state index contributed by atoms with van der Waals surface area (Å²) in [5.74, 6) is 1.32. The van der Waals surface area contributed by atoms with Gasteiger partial charge in [-0.15, -0.1) is 0 Å². The first kappa shape index (κ1) is 36.4. The Hall–Kier alpha value is -0.870. The van der Waals surface area contributed by atoms with Crippen molar-refractivity contribution in [2.45, 2.75) is 190 Å². The van der Waals surface area contributed by atoms with Gasteiger partial charge in [0.15, 0.2) is 0 Å². The molecule has 0 aliphatic heterocycles. The van der Waals surface area contributed by atoms with E-state index in [9.17, 15) is 15.0 Å². The highest BCUT2D eigenvalue weighted by molar-refractivity contribution is 5.69. The minimum Gasteiger partial charge on any atom is -0.462 e. The molecule has 5 rings (SSSR count). The summed E-state index contributed by atoms with van der Waals surface area (Å²) < 4.78 is 6.35. The van der Waals surface area contributed by atoms with Gasteiger partial charge in [0.05, 0.1) is 12.7 Å². The lowest BCUT2D eigenvalue weighted by Gasteiger charge is -2.72. The molecular weight excluding hydrogens is 568 g/mol. The third-order valence-corrected chi connectivity index (χ3v) is 15.9. The minimum absolute atomic E-state index is 0.00239. The normalized spacial score (nSPS) is 42.6. The fourth-order valence-electron chi connectivity index (χ4n) is 12.7. The van der Waals surface area contributed by atoms with Gasteiger partial charge in [-0.05, 0) is 104 Å². The zero-order valence-corrected chi connectivity index (χ0v) is 31.3. The van der Waals surface area contributed by atoms with Crippen molar-refractivity contribution in [3.63, 3.8) is 0 Å². The van der Waals surface area contributed by atoms with Crippen molar-refractivity contribution >= 4 is 5.97 Å². The number of rotatable bonds is 12. The van der Waals surface area contributed by atoms with Crippen molar-refractivity contribution in [2.75, 3.05) is 6.61 Å². The Balaban J connectivity index is 1.26. The van der Waals surface area contributed by atoms with Crippen molar-refractivity contribution in [1.82, 2.24) is 0 Å². The van der Waals surface area contributed by atoms with Crippen LogP contribution in [-0.2, 0) is 9.53 Å². The van der Waals surface area contributed by atoms with E-state index in [0.29, 0.717) is 18.3 Å². The zero-order valence-electron chi connectivity index (χ0n) is 31.3. The van der Waals surface area contributed by atoms with Gasteiger partial charge >= 0.3 is 5.97 Å². The van der Waals surface area contributed by atoms with E-state index in [0.717, 1.165) is 70.6 Å². The summed E-state index contributed by atoms with van der Waals surface area (Å²) in [6.45, 7) is 19.6. The smallest absolute Gasteiger partial charge is 0.306 e. The topological polar surface area (TPSA) is 66.8 Å². The molecule has 9 atom stereocenters. The minimum atomic E-state index is -0.459. The van der Waals surface area contributed by atoms with E-state index >= 15 is 0 Å². The number of ether oxygens (including phenoxy) is 1. The quantitative estimate of drug-likeness (QED) is 0.127. The molecule has 0 saturated heterocycles. The highest BCUT2D eigenvalue weighted by atomic mass is 16.5. The number of aliphatic hydroxyl groups excluding tert-OH is 2. The van der Waals surface area contributed by atoms with E-state index in [1.807, 2.05) is 0 Å². The van der Waals surface area contributed by atoms with Crippen LogP contribution < -0.4 is 0 Å². The third kappa shape index (κ3) is 6.09. The molecule has 4 heteroatoms. The van der Waals surface area contributed by atoms with Crippen LogP contribution in [0.5, 0.6) is 0 Å². The molecule has 2 N–H and O–H groups in total. The fraction of sp³-hybridized carbons (Fsp3) is 0.929. The van der Waals surface area contributed by atoms with Gasteiger partial charge in [0.1, 0.15) is 6.10 Å².